The molecular formula is C9H9NO3. The number of carbonyl (C=O) groups is 2. The van der Waals surface area contributed by atoms with Gasteiger partial charge in [-0.15, -0.1) is 0 Å². The predicted octanol–water partition coefficient (Wildman–Crippen LogP) is 0.516. The van der Waals surface area contributed by atoms with Crippen LogP contribution in [0.25, 0.3) is 0 Å². The van der Waals surface area contributed by atoms with Crippen LogP contribution in [-0.2, 0) is 9.59 Å². The number of carbonyl (C=O) groups excluding carboxylic acids is 2. The third-order valence-corrected chi connectivity index (χ3v) is 2.23. The second-order valence-electron chi connectivity index (χ2n) is 3.08. The molecule has 0 aromatic rings. The molecule has 1 heterocycles. The maximum absolute atomic E-state index is 11.3. The number of amides is 2. The van der Waals surface area contributed by atoms with E-state index in [-0.39, 0.29) is 30.4 Å². The fraction of sp³-hybridized carbons (Fsp3) is 0.333. The number of rotatable bonds is 1. The number of likely N-dealkylation sites (tertiary alicyclic amines) is 1. The highest BCUT2D eigenvalue weighted by atomic mass is 16.3. The number of aliphatic hydroxyl groups is 1. The first-order valence-electron chi connectivity index (χ1n) is 4.12. The van der Waals surface area contributed by atoms with E-state index in [0.29, 0.717) is 0 Å². The largest absolute Gasteiger partial charge is 0.510 e. The summed E-state index contributed by atoms with van der Waals surface area (Å²) in [6.07, 6.45) is 5.28. The van der Waals surface area contributed by atoms with Crippen molar-refractivity contribution in [3.8, 4) is 0 Å². The van der Waals surface area contributed by atoms with Gasteiger partial charge in [0.1, 0.15) is 11.8 Å². The summed E-state index contributed by atoms with van der Waals surface area (Å²) in [7, 11) is 0. The number of aliphatic hydroxyl groups excluding tert-OH is 1. The summed E-state index contributed by atoms with van der Waals surface area (Å²) < 4.78 is 0. The van der Waals surface area contributed by atoms with Crippen molar-refractivity contribution in [3.63, 3.8) is 0 Å². The quantitative estimate of drug-likeness (QED) is 0.597. The van der Waals surface area contributed by atoms with Crippen LogP contribution in [0.1, 0.15) is 12.8 Å². The molecule has 68 valence electrons. The first kappa shape index (κ1) is 8.04. The molecule has 1 saturated heterocycles. The normalized spacial score (nSPS) is 27.2. The molecule has 4 heteroatoms. The van der Waals surface area contributed by atoms with Crippen molar-refractivity contribution < 1.29 is 14.7 Å². The average molecular weight is 179 g/mol. The Bertz CT molecular complexity index is 314. The lowest BCUT2D eigenvalue weighted by atomic mass is 10.2. The van der Waals surface area contributed by atoms with Crippen molar-refractivity contribution in [1.29, 1.82) is 0 Å². The molecule has 1 unspecified atom stereocenters. The molecule has 4 nitrogen and oxygen atoms in total. The van der Waals surface area contributed by atoms with E-state index in [0.717, 1.165) is 4.90 Å². The standard InChI is InChI=1S/C9H9NO3/c11-7-3-1-2-6(7)10-8(12)4-5-9(10)13/h1-3,6,11H,4-5H2. The van der Waals surface area contributed by atoms with Gasteiger partial charge >= 0.3 is 0 Å². The molecule has 2 amide bonds. The fourth-order valence-corrected chi connectivity index (χ4v) is 1.58. The van der Waals surface area contributed by atoms with E-state index in [1.165, 1.54) is 6.08 Å². The molecule has 0 aromatic heterocycles. The van der Waals surface area contributed by atoms with Gasteiger partial charge in [-0.25, -0.2) is 0 Å². The molecule has 2 rings (SSSR count). The molecule has 0 bridgehead atoms. The zero-order chi connectivity index (χ0) is 9.42. The zero-order valence-electron chi connectivity index (χ0n) is 6.93. The highest BCUT2D eigenvalue weighted by Crippen LogP contribution is 2.22. The molecule has 0 radical (unpaired) electrons. The summed E-state index contributed by atoms with van der Waals surface area (Å²) in [4.78, 5) is 23.6. The molecule has 0 spiro atoms. The minimum Gasteiger partial charge on any atom is -0.510 e. The topological polar surface area (TPSA) is 57.6 Å². The van der Waals surface area contributed by atoms with E-state index in [9.17, 15) is 14.7 Å². The molecule has 1 N–H and O–H groups in total. The summed E-state index contributed by atoms with van der Waals surface area (Å²) in [6, 6.07) is -0.553. The van der Waals surface area contributed by atoms with Gasteiger partial charge in [0.15, 0.2) is 0 Å². The smallest absolute Gasteiger partial charge is 0.230 e. The maximum Gasteiger partial charge on any atom is 0.230 e. The Balaban J connectivity index is 2.25. The monoisotopic (exact) mass is 179 g/mol. The Kier molecular flexibility index (Phi) is 1.69. The van der Waals surface area contributed by atoms with Crippen molar-refractivity contribution in [2.75, 3.05) is 0 Å². The van der Waals surface area contributed by atoms with Crippen LogP contribution in [0.3, 0.4) is 0 Å². The first-order chi connectivity index (χ1) is 6.20. The number of imide groups is 1. The lowest BCUT2D eigenvalue weighted by Crippen LogP contribution is -2.38. The maximum atomic E-state index is 11.3. The van der Waals surface area contributed by atoms with Gasteiger partial charge in [0.05, 0.1) is 0 Å². The summed E-state index contributed by atoms with van der Waals surface area (Å²) in [6.45, 7) is 0. The van der Waals surface area contributed by atoms with E-state index < -0.39 is 6.04 Å². The minimum absolute atomic E-state index is 0.0589. The first-order valence-corrected chi connectivity index (χ1v) is 4.12. The molecule has 1 aliphatic heterocycles. The number of nitrogens with zero attached hydrogens (tertiary/aromatic N) is 1. The van der Waals surface area contributed by atoms with E-state index in [4.69, 9.17) is 0 Å². The van der Waals surface area contributed by atoms with Crippen LogP contribution in [0.4, 0.5) is 0 Å². The predicted molar refractivity (Wildman–Crippen MR) is 44.7 cm³/mol. The summed E-state index contributed by atoms with van der Waals surface area (Å²) >= 11 is 0. The molecule has 0 saturated carbocycles. The van der Waals surface area contributed by atoms with Crippen LogP contribution < -0.4 is 0 Å². The Labute approximate surface area is 75.1 Å². The van der Waals surface area contributed by atoms with Crippen LogP contribution in [0.2, 0.25) is 0 Å². The van der Waals surface area contributed by atoms with Crippen LogP contribution in [0.15, 0.2) is 24.0 Å². The van der Waals surface area contributed by atoms with Gasteiger partial charge < -0.3 is 5.11 Å². The van der Waals surface area contributed by atoms with Gasteiger partial charge in [-0.1, -0.05) is 12.2 Å². The molecule has 13 heavy (non-hydrogen) atoms. The van der Waals surface area contributed by atoms with Crippen molar-refractivity contribution in [2.45, 2.75) is 18.9 Å². The minimum atomic E-state index is -0.553. The van der Waals surface area contributed by atoms with Crippen molar-refractivity contribution in [2.24, 2.45) is 0 Å². The van der Waals surface area contributed by atoms with Crippen molar-refractivity contribution >= 4 is 11.8 Å². The van der Waals surface area contributed by atoms with Crippen molar-refractivity contribution in [1.82, 2.24) is 4.90 Å². The van der Waals surface area contributed by atoms with Crippen LogP contribution >= 0.6 is 0 Å². The van der Waals surface area contributed by atoms with Crippen LogP contribution in [0, 0.1) is 0 Å². The molecule has 1 fully saturated rings. The molecule has 2 aliphatic rings. The Hall–Kier alpha value is -1.58. The van der Waals surface area contributed by atoms with Gasteiger partial charge in [-0.3, -0.25) is 14.5 Å². The van der Waals surface area contributed by atoms with Gasteiger partial charge in [-0.2, -0.15) is 0 Å². The molecule has 1 atom stereocenters. The van der Waals surface area contributed by atoms with Gasteiger partial charge in [0, 0.05) is 12.8 Å². The van der Waals surface area contributed by atoms with Crippen molar-refractivity contribution in [3.05, 3.63) is 24.0 Å². The number of allylic oxidation sites excluding steroid dienone is 2. The highest BCUT2D eigenvalue weighted by molar-refractivity contribution is 6.02. The Morgan fingerprint density at radius 1 is 1.31 bits per heavy atom. The highest BCUT2D eigenvalue weighted by Gasteiger charge is 2.36. The third-order valence-electron chi connectivity index (χ3n) is 2.23. The summed E-state index contributed by atoms with van der Waals surface area (Å²) in [5, 5.41) is 9.34. The zero-order valence-corrected chi connectivity index (χ0v) is 6.93. The average Bonchev–Trinajstić information content (AvgIpc) is 2.60. The van der Waals surface area contributed by atoms with Gasteiger partial charge in [-0.05, 0) is 6.08 Å². The second-order valence-corrected chi connectivity index (χ2v) is 3.08. The summed E-state index contributed by atoms with van der Waals surface area (Å²) in [5.41, 5.74) is 0. The van der Waals surface area contributed by atoms with E-state index in [2.05, 4.69) is 0 Å². The SMILES string of the molecule is O=C1CCC(=O)N1C1C=CC=C1O. The Morgan fingerprint density at radius 3 is 2.38 bits per heavy atom. The molecular weight excluding hydrogens is 170 g/mol. The Morgan fingerprint density at radius 2 is 1.92 bits per heavy atom. The number of hydrogen-bond donors (Lipinski definition) is 1. The lowest BCUT2D eigenvalue weighted by molar-refractivity contribution is -0.139. The fourth-order valence-electron chi connectivity index (χ4n) is 1.58. The van der Waals surface area contributed by atoms with E-state index in [1.807, 2.05) is 0 Å². The van der Waals surface area contributed by atoms with Crippen LogP contribution in [0.5, 0.6) is 0 Å². The van der Waals surface area contributed by atoms with Crippen LogP contribution in [-0.4, -0.2) is 27.9 Å². The van der Waals surface area contributed by atoms with Gasteiger partial charge in [0.25, 0.3) is 0 Å². The third kappa shape index (κ3) is 1.14. The van der Waals surface area contributed by atoms with E-state index in [1.54, 1.807) is 12.2 Å². The second kappa shape index (κ2) is 2.73. The van der Waals surface area contributed by atoms with E-state index >= 15 is 0 Å². The molecule has 1 aliphatic carbocycles. The summed E-state index contributed by atoms with van der Waals surface area (Å²) in [5.74, 6) is -0.355. The molecule has 0 aromatic carbocycles. The van der Waals surface area contributed by atoms with Gasteiger partial charge in [0.2, 0.25) is 11.8 Å². The lowest BCUT2D eigenvalue weighted by Gasteiger charge is -2.20. The number of hydrogen-bond acceptors (Lipinski definition) is 3.